The lowest BCUT2D eigenvalue weighted by Crippen LogP contribution is -2.57. The molecule has 0 fully saturated rings. The molecule has 0 aliphatic carbocycles. The molecule has 2 aromatic heterocycles. The molecule has 4 amide bonds. The minimum Gasteiger partial charge on any atom is -0.504 e. The van der Waals surface area contributed by atoms with E-state index in [9.17, 15) is 47.7 Å². The van der Waals surface area contributed by atoms with Crippen molar-refractivity contribution in [2.45, 2.75) is 84.2 Å². The summed E-state index contributed by atoms with van der Waals surface area (Å²) in [5, 5.41) is 45.1. The van der Waals surface area contributed by atoms with Crippen LogP contribution in [0.4, 0.5) is 5.82 Å². The number of carboxylic acids is 1. The van der Waals surface area contributed by atoms with E-state index in [0.29, 0.717) is 30.0 Å². The molecule has 73 heavy (non-hydrogen) atoms. The second-order valence-electron chi connectivity index (χ2n) is 18.5. The van der Waals surface area contributed by atoms with E-state index >= 15 is 0 Å². The summed E-state index contributed by atoms with van der Waals surface area (Å²) in [5.41, 5.74) is 18.3. The first kappa shape index (κ1) is 56.7. The van der Waals surface area contributed by atoms with Crippen LogP contribution in [-0.2, 0) is 35.8 Å². The van der Waals surface area contributed by atoms with Crippen LogP contribution in [0.1, 0.15) is 73.8 Å². The second-order valence-corrected chi connectivity index (χ2v) is 19.9. The molecule has 25 nitrogen and oxygen atoms in total. The van der Waals surface area contributed by atoms with Gasteiger partial charge in [0.2, 0.25) is 23.6 Å². The van der Waals surface area contributed by atoms with Gasteiger partial charge in [0.15, 0.2) is 17.3 Å². The number of fused-ring (bicyclic) bond motifs is 5. The quantitative estimate of drug-likeness (QED) is 0.0509. The van der Waals surface area contributed by atoms with Crippen molar-refractivity contribution in [2.75, 3.05) is 52.2 Å². The van der Waals surface area contributed by atoms with Crippen LogP contribution in [0.5, 0.6) is 23.1 Å². The molecule has 0 saturated heterocycles. The molecule has 0 unspecified atom stereocenters. The summed E-state index contributed by atoms with van der Waals surface area (Å²) in [7, 11) is -3.41. The first-order valence-corrected chi connectivity index (χ1v) is 24.6. The molecule has 0 saturated carbocycles. The normalized spacial score (nSPS) is 17.0. The number of hydrogen-bond donors (Lipinski definition) is 11. The predicted molar refractivity (Wildman–Crippen MR) is 266 cm³/mol. The number of aliphatic carboxylic acids is 1. The molecule has 1 aliphatic heterocycles. The van der Waals surface area contributed by atoms with Crippen molar-refractivity contribution in [3.05, 3.63) is 71.0 Å². The molecule has 4 bridgehead atoms. The summed E-state index contributed by atoms with van der Waals surface area (Å²) in [4.78, 5) is 83.7. The van der Waals surface area contributed by atoms with E-state index in [2.05, 4.69) is 51.7 Å². The average Bonchev–Trinajstić information content (AvgIpc) is 3.31. The molecular formula is C47H64N12O13S. The number of benzene rings is 2. The fourth-order valence-corrected chi connectivity index (χ4v) is 7.77. The molecule has 0 spiro atoms. The van der Waals surface area contributed by atoms with Crippen molar-refractivity contribution in [1.29, 1.82) is 0 Å². The molecule has 1 aliphatic rings. The number of nitrogens with zero attached hydrogens (tertiary/aromatic N) is 4. The molecule has 5 rings (SSSR count). The number of nitrogens with two attached hydrogens (primary N) is 4. The van der Waals surface area contributed by atoms with Gasteiger partial charge in [0.1, 0.15) is 54.0 Å². The Morgan fingerprint density at radius 2 is 1.70 bits per heavy atom. The van der Waals surface area contributed by atoms with E-state index < -0.39 is 89.0 Å². The summed E-state index contributed by atoms with van der Waals surface area (Å²) < 4.78 is 44.2. The summed E-state index contributed by atoms with van der Waals surface area (Å²) in [5.74, 6) is -6.13. The number of likely N-dealkylation sites (N-methyl/N-ethyl adjacent to an activating group) is 1. The van der Waals surface area contributed by atoms with Gasteiger partial charge in [-0.25, -0.2) is 24.9 Å². The SMILES string of the molecule is Cc1nc(-c2ccc(OCCC(C)(C)C)nc2)nc(N)c1C(=O)N[C@@H](CNS(N)(=O)=O)C(=O)N(C)[C@@H]1C(=O)N[C@@H](C)C(=O)N[C@H](C(=O)O)Cc2ccc(OCCCN)c(c2)-c2cc1cc(OC[C@H](O)CN)c2O. The van der Waals surface area contributed by atoms with Crippen LogP contribution in [-0.4, -0.2) is 144 Å². The van der Waals surface area contributed by atoms with Gasteiger partial charge in [-0.1, -0.05) is 26.8 Å². The number of amides is 4. The van der Waals surface area contributed by atoms with Crippen molar-refractivity contribution in [3.8, 4) is 45.6 Å². The second kappa shape index (κ2) is 24.5. The lowest BCUT2D eigenvalue weighted by atomic mass is 9.93. The molecule has 5 atom stereocenters. The van der Waals surface area contributed by atoms with E-state index in [1.807, 2.05) is 4.72 Å². The monoisotopic (exact) mass is 1040 g/mol. The lowest BCUT2D eigenvalue weighted by Gasteiger charge is -2.33. The van der Waals surface area contributed by atoms with Crippen LogP contribution in [0.25, 0.3) is 22.5 Å². The number of aromatic nitrogens is 3. The van der Waals surface area contributed by atoms with E-state index in [0.717, 1.165) is 18.4 Å². The third kappa shape index (κ3) is 15.4. The minimum atomic E-state index is -4.54. The Morgan fingerprint density at radius 1 is 0.973 bits per heavy atom. The molecule has 3 heterocycles. The number of phenols is 1. The number of nitrogens with one attached hydrogen (secondary N) is 4. The lowest BCUT2D eigenvalue weighted by molar-refractivity contribution is -0.143. The van der Waals surface area contributed by atoms with Gasteiger partial charge < -0.3 is 67.6 Å². The summed E-state index contributed by atoms with van der Waals surface area (Å²) in [6.07, 6.45) is 1.16. The highest BCUT2D eigenvalue weighted by atomic mass is 32.2. The largest absolute Gasteiger partial charge is 0.504 e. The number of ether oxygens (including phenoxy) is 3. The third-order valence-corrected chi connectivity index (χ3v) is 11.9. The van der Waals surface area contributed by atoms with Crippen LogP contribution in [0.15, 0.2) is 48.7 Å². The Hall–Kier alpha value is -7.23. The van der Waals surface area contributed by atoms with E-state index in [1.54, 1.807) is 18.2 Å². The smallest absolute Gasteiger partial charge is 0.326 e. The summed E-state index contributed by atoms with van der Waals surface area (Å²) in [6, 6.07) is 3.69. The van der Waals surface area contributed by atoms with Crippen LogP contribution in [0.3, 0.4) is 0 Å². The first-order chi connectivity index (χ1) is 34.3. The number of carbonyl (C=O) groups is 5. The number of phenolic OH excluding ortho intramolecular Hbond substituents is 1. The molecule has 15 N–H and O–H groups in total. The maximum atomic E-state index is 14.9. The number of aliphatic hydroxyl groups excluding tert-OH is 1. The number of nitrogen functional groups attached to an aromatic ring is 1. The van der Waals surface area contributed by atoms with Crippen LogP contribution in [0, 0.1) is 12.3 Å². The van der Waals surface area contributed by atoms with E-state index in [-0.39, 0.29) is 82.6 Å². The summed E-state index contributed by atoms with van der Waals surface area (Å²) in [6.45, 7) is 8.18. The molecule has 396 valence electrons. The van der Waals surface area contributed by atoms with Crippen molar-refractivity contribution >= 4 is 45.6 Å². The van der Waals surface area contributed by atoms with Gasteiger partial charge in [-0.3, -0.25) is 19.2 Å². The highest BCUT2D eigenvalue weighted by Gasteiger charge is 2.38. The molecule has 4 aromatic rings. The number of aliphatic hydroxyl groups is 1. The van der Waals surface area contributed by atoms with Gasteiger partial charge in [-0.15, -0.1) is 0 Å². The van der Waals surface area contributed by atoms with Gasteiger partial charge in [-0.2, -0.15) is 13.1 Å². The number of pyridine rings is 1. The highest BCUT2D eigenvalue weighted by Crippen LogP contribution is 2.45. The predicted octanol–water partition coefficient (Wildman–Crippen LogP) is -0.236. The van der Waals surface area contributed by atoms with Crippen molar-refractivity contribution < 1.29 is 61.9 Å². The molecule has 0 radical (unpaired) electrons. The van der Waals surface area contributed by atoms with Crippen LogP contribution >= 0.6 is 0 Å². The summed E-state index contributed by atoms with van der Waals surface area (Å²) >= 11 is 0. The van der Waals surface area contributed by atoms with E-state index in [4.69, 9.17) is 36.6 Å². The van der Waals surface area contributed by atoms with Crippen molar-refractivity contribution in [1.82, 2.24) is 40.5 Å². The topological polar surface area (TPSA) is 402 Å². The fourth-order valence-electron chi connectivity index (χ4n) is 7.37. The Labute approximate surface area is 421 Å². The Kier molecular flexibility index (Phi) is 19.0. The maximum Gasteiger partial charge on any atom is 0.326 e. The fraction of sp³-hybridized carbons (Fsp3) is 0.447. The molecule has 2 aromatic carbocycles. The highest BCUT2D eigenvalue weighted by molar-refractivity contribution is 7.87. The number of anilines is 1. The number of aryl methyl sites for hydroxylation is 1. The molecular weight excluding hydrogens is 973 g/mol. The van der Waals surface area contributed by atoms with Crippen molar-refractivity contribution in [3.63, 3.8) is 0 Å². The number of carboxylic acid groups (broad SMARTS) is 1. The maximum absolute atomic E-state index is 14.9. The Morgan fingerprint density at radius 3 is 2.32 bits per heavy atom. The molecule has 26 heteroatoms. The number of aromatic hydroxyl groups is 1. The average molecular weight is 1040 g/mol. The Bertz CT molecular complexity index is 2750. The van der Waals surface area contributed by atoms with Crippen LogP contribution in [0.2, 0.25) is 0 Å². The van der Waals surface area contributed by atoms with Gasteiger partial charge >= 0.3 is 5.97 Å². The first-order valence-electron chi connectivity index (χ1n) is 23.1. The van der Waals surface area contributed by atoms with Gasteiger partial charge in [-0.05, 0) is 80.1 Å². The van der Waals surface area contributed by atoms with E-state index in [1.165, 1.54) is 44.3 Å². The zero-order chi connectivity index (χ0) is 53.9. The van der Waals surface area contributed by atoms with Gasteiger partial charge in [0.25, 0.3) is 16.1 Å². The standard InChI is InChI=1S/C47H64N12O13S/c1-24-37(40(50)58-41(54-24)27-9-11-36(52-21-27)71-15-12-47(3,4)5)43(63)57-33(22-53-73(51,68)69)45(65)59(6)38-28-18-31(39(61)35(19-28)72-23-29(60)20-49)30-16-26(8-10-34(30)70-14-7-13-48)17-32(46(66)67)56-42(62)25(2)55-44(38)64/h8-11,16,18-19,21,25,29,32-33,38,53,60-61H,7,12-15,17,20,22-23,48-49H2,1-6H3,(H,55,64)(H,56,62)(H,57,63)(H,66,67)(H2,50,54,58)(H2,51,68,69)/t25-,29+,32-,33-,38-/m0/s1. The van der Waals surface area contributed by atoms with Gasteiger partial charge in [0.05, 0.1) is 18.9 Å². The zero-order valence-electron chi connectivity index (χ0n) is 41.3. The third-order valence-electron chi connectivity index (χ3n) is 11.4. The number of hydrogen-bond acceptors (Lipinski definition) is 18. The zero-order valence-corrected chi connectivity index (χ0v) is 42.1. The van der Waals surface area contributed by atoms with Crippen molar-refractivity contribution in [2.24, 2.45) is 22.0 Å². The number of carbonyl (C=O) groups excluding carboxylic acids is 4. The van der Waals surface area contributed by atoms with Crippen LogP contribution < -0.4 is 57.2 Å². The van der Waals surface area contributed by atoms with Gasteiger partial charge in [0, 0.05) is 55.5 Å². The Balaban J connectivity index is 1.61. The minimum absolute atomic E-state index is 0.0478. The number of rotatable bonds is 20.